The van der Waals surface area contributed by atoms with Gasteiger partial charge in [0.25, 0.3) is 5.91 Å². The molecular weight excluding hydrogens is 354 g/mol. The van der Waals surface area contributed by atoms with E-state index in [1.54, 1.807) is 12.1 Å². The van der Waals surface area contributed by atoms with Gasteiger partial charge in [0, 0.05) is 25.6 Å². The Morgan fingerprint density at radius 2 is 1.79 bits per heavy atom. The van der Waals surface area contributed by atoms with Gasteiger partial charge in [-0.2, -0.15) is 0 Å². The van der Waals surface area contributed by atoms with Crippen molar-refractivity contribution < 1.29 is 14.0 Å². The molecule has 1 unspecified atom stereocenters. The molecule has 0 aliphatic rings. The van der Waals surface area contributed by atoms with Gasteiger partial charge in [-0.15, -0.1) is 0 Å². The van der Waals surface area contributed by atoms with E-state index in [4.69, 9.17) is 4.42 Å². The molecule has 28 heavy (non-hydrogen) atoms. The SMILES string of the molecule is CCN(CC)C(CNC(=O)CCCNC(=O)c1ccco1)Cc1ccccc1. The molecule has 0 aliphatic heterocycles. The zero-order valence-corrected chi connectivity index (χ0v) is 16.8. The number of rotatable bonds is 12. The molecule has 2 amide bonds. The molecule has 0 fully saturated rings. The fourth-order valence-electron chi connectivity index (χ4n) is 3.22. The van der Waals surface area contributed by atoms with Crippen LogP contribution in [-0.2, 0) is 11.2 Å². The minimum absolute atomic E-state index is 0.0115. The van der Waals surface area contributed by atoms with E-state index in [1.807, 2.05) is 18.2 Å². The number of amides is 2. The number of nitrogens with zero attached hydrogens (tertiary/aromatic N) is 1. The second kappa shape index (κ2) is 12.0. The Labute approximate surface area is 167 Å². The van der Waals surface area contributed by atoms with E-state index in [0.29, 0.717) is 25.9 Å². The highest BCUT2D eigenvalue weighted by molar-refractivity contribution is 5.91. The maximum Gasteiger partial charge on any atom is 0.286 e. The Bertz CT molecular complexity index is 697. The number of hydrogen-bond donors (Lipinski definition) is 2. The van der Waals surface area contributed by atoms with Crippen molar-refractivity contribution in [2.75, 3.05) is 26.2 Å². The summed E-state index contributed by atoms with van der Waals surface area (Å²) >= 11 is 0. The summed E-state index contributed by atoms with van der Waals surface area (Å²) in [6, 6.07) is 13.9. The summed E-state index contributed by atoms with van der Waals surface area (Å²) < 4.78 is 5.03. The zero-order chi connectivity index (χ0) is 20.2. The van der Waals surface area contributed by atoms with Crippen molar-refractivity contribution in [1.29, 1.82) is 0 Å². The maximum atomic E-state index is 12.2. The lowest BCUT2D eigenvalue weighted by Gasteiger charge is -2.30. The second-order valence-electron chi connectivity index (χ2n) is 6.71. The lowest BCUT2D eigenvalue weighted by molar-refractivity contribution is -0.121. The monoisotopic (exact) mass is 385 g/mol. The van der Waals surface area contributed by atoms with Crippen molar-refractivity contribution in [2.45, 2.75) is 39.2 Å². The van der Waals surface area contributed by atoms with Crippen LogP contribution in [0.25, 0.3) is 0 Å². The fourth-order valence-corrected chi connectivity index (χ4v) is 3.22. The van der Waals surface area contributed by atoms with Gasteiger partial charge in [-0.25, -0.2) is 0 Å². The van der Waals surface area contributed by atoms with Crippen LogP contribution < -0.4 is 10.6 Å². The molecule has 1 atom stereocenters. The molecule has 6 heteroatoms. The highest BCUT2D eigenvalue weighted by atomic mass is 16.3. The molecule has 1 heterocycles. The molecule has 0 saturated carbocycles. The normalized spacial score (nSPS) is 12.0. The van der Waals surface area contributed by atoms with Crippen LogP contribution >= 0.6 is 0 Å². The molecule has 2 aromatic rings. The van der Waals surface area contributed by atoms with Crippen LogP contribution in [-0.4, -0.2) is 48.9 Å². The molecule has 0 aliphatic carbocycles. The number of benzene rings is 1. The Morgan fingerprint density at radius 1 is 1.04 bits per heavy atom. The predicted octanol–water partition coefficient (Wildman–Crippen LogP) is 2.86. The average Bonchev–Trinajstić information content (AvgIpc) is 3.26. The summed E-state index contributed by atoms with van der Waals surface area (Å²) in [7, 11) is 0. The number of nitrogens with one attached hydrogen (secondary N) is 2. The molecule has 2 rings (SSSR count). The summed E-state index contributed by atoms with van der Waals surface area (Å²) in [4.78, 5) is 26.4. The van der Waals surface area contributed by atoms with E-state index in [0.717, 1.165) is 19.5 Å². The fraction of sp³-hybridized carbons (Fsp3) is 0.455. The van der Waals surface area contributed by atoms with Gasteiger partial charge in [0.05, 0.1) is 6.26 Å². The van der Waals surface area contributed by atoms with E-state index < -0.39 is 0 Å². The third-order valence-corrected chi connectivity index (χ3v) is 4.79. The van der Waals surface area contributed by atoms with Gasteiger partial charge in [0.2, 0.25) is 5.91 Å². The van der Waals surface area contributed by atoms with Gasteiger partial charge in [-0.3, -0.25) is 14.5 Å². The van der Waals surface area contributed by atoms with Gasteiger partial charge in [-0.05, 0) is 43.6 Å². The van der Waals surface area contributed by atoms with Gasteiger partial charge in [-0.1, -0.05) is 44.2 Å². The summed E-state index contributed by atoms with van der Waals surface area (Å²) in [6.07, 6.45) is 3.34. The Balaban J connectivity index is 1.73. The number of likely N-dealkylation sites (N-methyl/N-ethyl adjacent to an activating group) is 1. The first-order chi connectivity index (χ1) is 13.6. The largest absolute Gasteiger partial charge is 0.459 e. The lowest BCUT2D eigenvalue weighted by Crippen LogP contribution is -2.45. The first-order valence-electron chi connectivity index (χ1n) is 10.00. The van der Waals surface area contributed by atoms with Crippen molar-refractivity contribution >= 4 is 11.8 Å². The van der Waals surface area contributed by atoms with Crippen molar-refractivity contribution in [1.82, 2.24) is 15.5 Å². The first kappa shape index (κ1) is 21.7. The Kier molecular flexibility index (Phi) is 9.28. The quantitative estimate of drug-likeness (QED) is 0.551. The molecule has 152 valence electrons. The molecule has 2 N–H and O–H groups in total. The van der Waals surface area contributed by atoms with Crippen LogP contribution in [0.5, 0.6) is 0 Å². The maximum absolute atomic E-state index is 12.2. The molecule has 0 radical (unpaired) electrons. The standard InChI is InChI=1S/C22H31N3O3/c1-3-25(4-2)19(16-18-10-6-5-7-11-18)17-24-21(26)13-8-14-23-22(27)20-12-9-15-28-20/h5-7,9-12,15,19H,3-4,8,13-14,16-17H2,1-2H3,(H,23,27)(H,24,26). The number of furan rings is 1. The van der Waals surface area contributed by atoms with E-state index in [9.17, 15) is 9.59 Å². The minimum Gasteiger partial charge on any atom is -0.459 e. The van der Waals surface area contributed by atoms with Gasteiger partial charge in [0.1, 0.15) is 0 Å². The van der Waals surface area contributed by atoms with Crippen molar-refractivity contribution in [3.05, 3.63) is 60.1 Å². The molecular formula is C22H31N3O3. The summed E-state index contributed by atoms with van der Waals surface area (Å²) in [6.45, 7) is 7.24. The van der Waals surface area contributed by atoms with E-state index in [-0.39, 0.29) is 23.6 Å². The van der Waals surface area contributed by atoms with Crippen LogP contribution in [0.2, 0.25) is 0 Å². The first-order valence-corrected chi connectivity index (χ1v) is 10.00. The number of carbonyl (C=O) groups is 2. The lowest BCUT2D eigenvalue weighted by atomic mass is 10.0. The zero-order valence-electron chi connectivity index (χ0n) is 16.8. The van der Waals surface area contributed by atoms with Crippen LogP contribution in [0.15, 0.2) is 53.1 Å². The average molecular weight is 386 g/mol. The van der Waals surface area contributed by atoms with Gasteiger partial charge in [0.15, 0.2) is 5.76 Å². The number of carbonyl (C=O) groups excluding carboxylic acids is 2. The highest BCUT2D eigenvalue weighted by Crippen LogP contribution is 2.09. The van der Waals surface area contributed by atoms with Crippen molar-refractivity contribution in [3.8, 4) is 0 Å². The summed E-state index contributed by atoms with van der Waals surface area (Å²) in [5.41, 5.74) is 1.27. The van der Waals surface area contributed by atoms with Crippen LogP contribution in [0.1, 0.15) is 42.8 Å². The van der Waals surface area contributed by atoms with Gasteiger partial charge >= 0.3 is 0 Å². The molecule has 1 aromatic carbocycles. The molecule has 0 saturated heterocycles. The number of hydrogen-bond acceptors (Lipinski definition) is 4. The minimum atomic E-state index is -0.255. The third kappa shape index (κ3) is 7.19. The van der Waals surface area contributed by atoms with E-state index >= 15 is 0 Å². The summed E-state index contributed by atoms with van der Waals surface area (Å²) in [5.74, 6) is 0.0414. The molecule has 6 nitrogen and oxygen atoms in total. The van der Waals surface area contributed by atoms with Crippen LogP contribution in [0, 0.1) is 0 Å². The van der Waals surface area contributed by atoms with Crippen LogP contribution in [0.4, 0.5) is 0 Å². The molecule has 0 spiro atoms. The van der Waals surface area contributed by atoms with Gasteiger partial charge < -0.3 is 15.1 Å². The third-order valence-electron chi connectivity index (χ3n) is 4.79. The topological polar surface area (TPSA) is 74.6 Å². The Morgan fingerprint density at radius 3 is 2.43 bits per heavy atom. The van der Waals surface area contributed by atoms with Crippen molar-refractivity contribution in [3.63, 3.8) is 0 Å². The highest BCUT2D eigenvalue weighted by Gasteiger charge is 2.17. The smallest absolute Gasteiger partial charge is 0.286 e. The molecule has 0 bridgehead atoms. The van der Waals surface area contributed by atoms with Crippen LogP contribution in [0.3, 0.4) is 0 Å². The predicted molar refractivity (Wildman–Crippen MR) is 110 cm³/mol. The second-order valence-corrected chi connectivity index (χ2v) is 6.71. The Hall–Kier alpha value is -2.60. The van der Waals surface area contributed by atoms with E-state index in [1.165, 1.54) is 11.8 Å². The van der Waals surface area contributed by atoms with Crippen molar-refractivity contribution in [2.24, 2.45) is 0 Å². The van der Waals surface area contributed by atoms with E-state index in [2.05, 4.69) is 41.5 Å². The summed E-state index contributed by atoms with van der Waals surface area (Å²) in [5, 5.41) is 5.81. The molecule has 1 aromatic heterocycles.